The minimum atomic E-state index is -0.770. The SMILES string of the molecule is Cc1ccc(-c2ccc(/C=N\NC(=O)[C@H]3COc4ccccc4O3)o2)cc1Cl. The molecular weight excluding hydrogens is 380 g/mol. The second-order valence-corrected chi connectivity index (χ2v) is 6.67. The zero-order valence-corrected chi connectivity index (χ0v) is 15.8. The Labute approximate surface area is 166 Å². The molecule has 28 heavy (non-hydrogen) atoms. The molecule has 1 aliphatic rings. The van der Waals surface area contributed by atoms with Crippen molar-refractivity contribution in [2.24, 2.45) is 5.10 Å². The van der Waals surface area contributed by atoms with E-state index in [1.54, 1.807) is 18.2 Å². The number of amides is 1. The summed E-state index contributed by atoms with van der Waals surface area (Å²) in [6.45, 7) is 2.06. The van der Waals surface area contributed by atoms with Gasteiger partial charge in [-0.2, -0.15) is 5.10 Å². The average Bonchev–Trinajstić information content (AvgIpc) is 3.18. The Hall–Kier alpha value is -3.25. The van der Waals surface area contributed by atoms with Crippen LogP contribution in [-0.2, 0) is 4.79 Å². The first kappa shape index (κ1) is 18.1. The maximum atomic E-state index is 12.2. The van der Waals surface area contributed by atoms with Crippen LogP contribution in [0, 0.1) is 6.92 Å². The third kappa shape index (κ3) is 3.87. The van der Waals surface area contributed by atoms with Gasteiger partial charge in [0.25, 0.3) is 5.91 Å². The van der Waals surface area contributed by atoms with E-state index in [0.717, 1.165) is 11.1 Å². The lowest BCUT2D eigenvalue weighted by molar-refractivity contribution is -0.130. The molecule has 0 fully saturated rings. The van der Waals surface area contributed by atoms with E-state index in [1.165, 1.54) is 6.21 Å². The smallest absolute Gasteiger partial charge is 0.284 e. The fraction of sp³-hybridized carbons (Fsp3) is 0.143. The molecule has 0 saturated heterocycles. The molecule has 1 atom stereocenters. The van der Waals surface area contributed by atoms with Gasteiger partial charge >= 0.3 is 0 Å². The summed E-state index contributed by atoms with van der Waals surface area (Å²) in [6, 6.07) is 16.5. The molecule has 0 spiro atoms. The molecule has 2 heterocycles. The highest BCUT2D eigenvalue weighted by atomic mass is 35.5. The van der Waals surface area contributed by atoms with Crippen LogP contribution in [0.25, 0.3) is 11.3 Å². The zero-order valence-electron chi connectivity index (χ0n) is 15.0. The summed E-state index contributed by atoms with van der Waals surface area (Å²) in [5.74, 6) is 1.91. The molecule has 6 nitrogen and oxygen atoms in total. The number of furan rings is 1. The van der Waals surface area contributed by atoms with Crippen molar-refractivity contribution >= 4 is 23.7 Å². The molecule has 0 unspecified atom stereocenters. The minimum Gasteiger partial charge on any atom is -0.485 e. The number of nitrogens with zero attached hydrogens (tertiary/aromatic N) is 1. The van der Waals surface area contributed by atoms with E-state index in [0.29, 0.717) is 28.0 Å². The fourth-order valence-electron chi connectivity index (χ4n) is 2.70. The van der Waals surface area contributed by atoms with Crippen LogP contribution >= 0.6 is 11.6 Å². The highest BCUT2D eigenvalue weighted by Crippen LogP contribution is 2.31. The van der Waals surface area contributed by atoms with Gasteiger partial charge < -0.3 is 13.9 Å². The standard InChI is InChI=1S/C21H17ClN2O4/c1-13-6-7-14(10-16(13)22)17-9-8-15(27-17)11-23-24-21(25)20-12-26-18-4-2-3-5-19(18)28-20/h2-11,20H,12H2,1H3,(H,24,25)/b23-11-/t20-/m1/s1. The number of carbonyl (C=O) groups is 1. The van der Waals surface area contributed by atoms with E-state index >= 15 is 0 Å². The quantitative estimate of drug-likeness (QED) is 0.530. The second-order valence-electron chi connectivity index (χ2n) is 6.26. The van der Waals surface area contributed by atoms with Gasteiger partial charge in [0.05, 0.1) is 6.21 Å². The Bertz CT molecular complexity index is 1040. The monoisotopic (exact) mass is 396 g/mol. The van der Waals surface area contributed by atoms with Crippen molar-refractivity contribution < 1.29 is 18.7 Å². The molecule has 0 radical (unpaired) electrons. The van der Waals surface area contributed by atoms with Crippen molar-refractivity contribution in [1.82, 2.24) is 5.43 Å². The van der Waals surface area contributed by atoms with Crippen molar-refractivity contribution in [3.05, 3.63) is 70.9 Å². The predicted molar refractivity (Wildman–Crippen MR) is 106 cm³/mol. The Kier molecular flexibility index (Phi) is 5.04. The van der Waals surface area contributed by atoms with Crippen molar-refractivity contribution in [1.29, 1.82) is 0 Å². The van der Waals surface area contributed by atoms with Gasteiger partial charge in [-0.1, -0.05) is 35.9 Å². The molecule has 4 rings (SSSR count). The third-order valence-corrected chi connectivity index (χ3v) is 4.66. The number of hydrogen-bond donors (Lipinski definition) is 1. The Morgan fingerprint density at radius 2 is 2.00 bits per heavy atom. The Balaban J connectivity index is 1.37. The summed E-state index contributed by atoms with van der Waals surface area (Å²) in [7, 11) is 0. The summed E-state index contributed by atoms with van der Waals surface area (Å²) in [4.78, 5) is 12.2. The molecule has 1 N–H and O–H groups in total. The predicted octanol–water partition coefficient (Wildman–Crippen LogP) is 4.20. The van der Waals surface area contributed by atoms with Crippen LogP contribution in [0.2, 0.25) is 5.02 Å². The molecule has 1 amide bonds. The van der Waals surface area contributed by atoms with Crippen LogP contribution in [-0.4, -0.2) is 24.8 Å². The van der Waals surface area contributed by atoms with Crippen LogP contribution < -0.4 is 14.9 Å². The number of halogens is 1. The largest absolute Gasteiger partial charge is 0.485 e. The van der Waals surface area contributed by atoms with Gasteiger partial charge in [-0.25, -0.2) is 5.43 Å². The Morgan fingerprint density at radius 1 is 1.18 bits per heavy atom. The van der Waals surface area contributed by atoms with Gasteiger partial charge in [-0.15, -0.1) is 0 Å². The van der Waals surface area contributed by atoms with Crippen molar-refractivity contribution in [3.63, 3.8) is 0 Å². The van der Waals surface area contributed by atoms with Gasteiger partial charge in [0.2, 0.25) is 6.10 Å². The van der Waals surface area contributed by atoms with Crippen molar-refractivity contribution in [2.45, 2.75) is 13.0 Å². The van der Waals surface area contributed by atoms with Gasteiger partial charge in [0.15, 0.2) is 11.5 Å². The molecule has 7 heteroatoms. The number of benzene rings is 2. The van der Waals surface area contributed by atoms with Gasteiger partial charge in [0, 0.05) is 10.6 Å². The summed E-state index contributed by atoms with van der Waals surface area (Å²) in [5, 5.41) is 4.61. The first-order valence-electron chi connectivity index (χ1n) is 8.68. The zero-order chi connectivity index (χ0) is 19.5. The highest BCUT2D eigenvalue weighted by molar-refractivity contribution is 6.31. The number of hydrogen-bond acceptors (Lipinski definition) is 5. The molecule has 142 valence electrons. The Morgan fingerprint density at radius 3 is 2.82 bits per heavy atom. The topological polar surface area (TPSA) is 73.1 Å². The number of carbonyl (C=O) groups excluding carboxylic acids is 1. The van der Waals surface area contributed by atoms with Crippen LogP contribution in [0.3, 0.4) is 0 Å². The molecule has 0 bridgehead atoms. The second kappa shape index (κ2) is 7.78. The van der Waals surface area contributed by atoms with E-state index in [9.17, 15) is 4.79 Å². The first-order valence-corrected chi connectivity index (χ1v) is 9.06. The number of fused-ring (bicyclic) bond motifs is 1. The van der Waals surface area contributed by atoms with E-state index in [1.807, 2.05) is 43.3 Å². The third-order valence-electron chi connectivity index (χ3n) is 4.25. The lowest BCUT2D eigenvalue weighted by atomic mass is 10.1. The number of para-hydroxylation sites is 2. The van der Waals surface area contributed by atoms with E-state index in [2.05, 4.69) is 10.5 Å². The van der Waals surface area contributed by atoms with E-state index in [4.69, 9.17) is 25.5 Å². The van der Waals surface area contributed by atoms with Gasteiger partial charge in [-0.05, 0) is 42.8 Å². The molecule has 3 aromatic rings. The normalized spacial score (nSPS) is 15.6. The number of ether oxygens (including phenoxy) is 2. The van der Waals surface area contributed by atoms with Crippen LogP contribution in [0.15, 0.2) is 64.1 Å². The lowest BCUT2D eigenvalue weighted by Crippen LogP contribution is -2.42. The molecular formula is C21H17ClN2O4. The molecule has 1 aliphatic heterocycles. The molecule has 1 aromatic heterocycles. The molecule has 0 aliphatic carbocycles. The van der Waals surface area contributed by atoms with E-state index < -0.39 is 12.0 Å². The fourth-order valence-corrected chi connectivity index (χ4v) is 2.88. The lowest BCUT2D eigenvalue weighted by Gasteiger charge is -2.24. The maximum absolute atomic E-state index is 12.2. The van der Waals surface area contributed by atoms with Gasteiger partial charge in [0.1, 0.15) is 18.1 Å². The van der Waals surface area contributed by atoms with Crippen molar-refractivity contribution in [3.8, 4) is 22.8 Å². The number of hydrazone groups is 1. The van der Waals surface area contributed by atoms with Crippen molar-refractivity contribution in [2.75, 3.05) is 6.61 Å². The minimum absolute atomic E-state index is 0.122. The van der Waals surface area contributed by atoms with Crippen LogP contribution in [0.1, 0.15) is 11.3 Å². The summed E-state index contributed by atoms with van der Waals surface area (Å²) < 4.78 is 16.9. The number of rotatable bonds is 4. The highest BCUT2D eigenvalue weighted by Gasteiger charge is 2.27. The first-order chi connectivity index (χ1) is 13.6. The van der Waals surface area contributed by atoms with E-state index in [-0.39, 0.29) is 6.61 Å². The summed E-state index contributed by atoms with van der Waals surface area (Å²) in [6.07, 6.45) is 0.656. The number of nitrogens with one attached hydrogen (secondary N) is 1. The van der Waals surface area contributed by atoms with Crippen LogP contribution in [0.5, 0.6) is 11.5 Å². The molecule has 0 saturated carbocycles. The van der Waals surface area contributed by atoms with Gasteiger partial charge in [-0.3, -0.25) is 4.79 Å². The summed E-state index contributed by atoms with van der Waals surface area (Å²) in [5.41, 5.74) is 4.31. The summed E-state index contributed by atoms with van der Waals surface area (Å²) >= 11 is 6.16. The van der Waals surface area contributed by atoms with Crippen LogP contribution in [0.4, 0.5) is 0 Å². The maximum Gasteiger partial charge on any atom is 0.284 e. The molecule has 2 aromatic carbocycles. The average molecular weight is 397 g/mol. The number of aryl methyl sites for hydroxylation is 1.